The number of hydrogen-bond donors (Lipinski definition) is 0. The highest BCUT2D eigenvalue weighted by Gasteiger charge is 2.08. The Morgan fingerprint density at radius 3 is 2.88 bits per heavy atom. The van der Waals surface area contributed by atoms with Gasteiger partial charge in [-0.1, -0.05) is 15.9 Å². The first-order valence-corrected chi connectivity index (χ1v) is 5.97. The van der Waals surface area contributed by atoms with E-state index in [-0.39, 0.29) is 0 Å². The number of anilines is 1. The van der Waals surface area contributed by atoms with Gasteiger partial charge in [-0.15, -0.1) is 0 Å². The van der Waals surface area contributed by atoms with Gasteiger partial charge in [-0.25, -0.2) is 0 Å². The zero-order chi connectivity index (χ0) is 12.3. The second kappa shape index (κ2) is 5.19. The molecule has 0 fully saturated rings. The van der Waals surface area contributed by atoms with Crippen molar-refractivity contribution in [2.45, 2.75) is 6.54 Å². The molecular formula is C13H12BrNO2. The minimum atomic E-state index is 0.680. The Morgan fingerprint density at radius 1 is 1.41 bits per heavy atom. The molecule has 1 heterocycles. The smallest absolute Gasteiger partial charge is 0.152 e. The molecule has 0 unspecified atom stereocenters. The van der Waals surface area contributed by atoms with Gasteiger partial charge < -0.3 is 9.32 Å². The molecule has 0 atom stereocenters. The molecular weight excluding hydrogens is 282 g/mol. The molecule has 2 rings (SSSR count). The fourth-order valence-corrected chi connectivity index (χ4v) is 2.04. The van der Waals surface area contributed by atoms with Gasteiger partial charge in [-0.05, 0) is 24.3 Å². The van der Waals surface area contributed by atoms with Crippen LogP contribution in [0.1, 0.15) is 15.9 Å². The van der Waals surface area contributed by atoms with Crippen molar-refractivity contribution in [1.29, 1.82) is 0 Å². The number of rotatable bonds is 4. The van der Waals surface area contributed by atoms with Gasteiger partial charge in [-0.3, -0.25) is 4.79 Å². The van der Waals surface area contributed by atoms with Crippen LogP contribution in [-0.2, 0) is 6.54 Å². The maximum absolute atomic E-state index is 11.0. The van der Waals surface area contributed by atoms with Crippen LogP contribution < -0.4 is 4.90 Å². The maximum Gasteiger partial charge on any atom is 0.152 e. The molecule has 0 N–H and O–H groups in total. The van der Waals surface area contributed by atoms with Crippen molar-refractivity contribution in [3.05, 3.63) is 52.4 Å². The zero-order valence-corrected chi connectivity index (χ0v) is 11.0. The van der Waals surface area contributed by atoms with Gasteiger partial charge in [0.2, 0.25) is 0 Å². The molecule has 0 saturated carbocycles. The van der Waals surface area contributed by atoms with E-state index in [2.05, 4.69) is 15.9 Å². The van der Waals surface area contributed by atoms with Crippen molar-refractivity contribution in [3.8, 4) is 0 Å². The fraction of sp³-hybridized carbons (Fsp3) is 0.154. The molecule has 4 heteroatoms. The van der Waals surface area contributed by atoms with E-state index in [0.29, 0.717) is 12.1 Å². The van der Waals surface area contributed by atoms with Gasteiger partial charge in [0.1, 0.15) is 0 Å². The van der Waals surface area contributed by atoms with Crippen molar-refractivity contribution >= 4 is 27.9 Å². The molecule has 3 nitrogen and oxygen atoms in total. The number of nitrogens with zero attached hydrogens (tertiary/aromatic N) is 1. The Balaban J connectivity index is 2.26. The molecule has 0 bridgehead atoms. The lowest BCUT2D eigenvalue weighted by molar-refractivity contribution is 0.112. The van der Waals surface area contributed by atoms with Gasteiger partial charge in [0.05, 0.1) is 12.5 Å². The van der Waals surface area contributed by atoms with Crippen LogP contribution in [0.15, 0.2) is 45.7 Å². The summed E-state index contributed by atoms with van der Waals surface area (Å²) in [7, 11) is 1.95. The average molecular weight is 294 g/mol. The number of aldehydes is 1. The van der Waals surface area contributed by atoms with E-state index in [0.717, 1.165) is 22.0 Å². The SMILES string of the molecule is CN(Cc1ccoc1)c1cc(Br)ccc1C=O. The Bertz CT molecular complexity index is 508. The Hall–Kier alpha value is -1.55. The van der Waals surface area contributed by atoms with Crippen LogP contribution in [-0.4, -0.2) is 13.3 Å². The highest BCUT2D eigenvalue weighted by molar-refractivity contribution is 9.10. The summed E-state index contributed by atoms with van der Waals surface area (Å²) in [4.78, 5) is 13.0. The van der Waals surface area contributed by atoms with E-state index < -0.39 is 0 Å². The Kier molecular flexibility index (Phi) is 3.64. The number of halogens is 1. The molecule has 1 aromatic carbocycles. The Labute approximate surface area is 108 Å². The summed E-state index contributed by atoms with van der Waals surface area (Å²) in [5.74, 6) is 0. The molecule has 88 valence electrons. The normalized spacial score (nSPS) is 10.2. The minimum absolute atomic E-state index is 0.680. The second-order valence-corrected chi connectivity index (χ2v) is 4.72. The molecule has 2 aromatic rings. The third kappa shape index (κ3) is 2.77. The molecule has 1 aromatic heterocycles. The molecule has 0 aliphatic carbocycles. The summed E-state index contributed by atoms with van der Waals surface area (Å²) in [5.41, 5.74) is 2.65. The van der Waals surface area contributed by atoms with Gasteiger partial charge in [0.15, 0.2) is 6.29 Å². The molecule has 0 spiro atoms. The molecule has 0 radical (unpaired) electrons. The predicted molar refractivity (Wildman–Crippen MR) is 70.3 cm³/mol. The Morgan fingerprint density at radius 2 is 2.24 bits per heavy atom. The van der Waals surface area contributed by atoms with Gasteiger partial charge in [-0.2, -0.15) is 0 Å². The molecule has 0 saturated heterocycles. The van der Waals surface area contributed by atoms with E-state index in [1.165, 1.54) is 0 Å². The van der Waals surface area contributed by atoms with Crippen LogP contribution in [0.5, 0.6) is 0 Å². The highest BCUT2D eigenvalue weighted by atomic mass is 79.9. The van der Waals surface area contributed by atoms with Crippen LogP contribution in [0.25, 0.3) is 0 Å². The first kappa shape index (κ1) is 11.9. The molecule has 17 heavy (non-hydrogen) atoms. The largest absolute Gasteiger partial charge is 0.472 e. The first-order valence-electron chi connectivity index (χ1n) is 5.17. The van der Waals surface area contributed by atoms with Crippen molar-refractivity contribution in [3.63, 3.8) is 0 Å². The summed E-state index contributed by atoms with van der Waals surface area (Å²) in [5, 5.41) is 0. The van der Waals surface area contributed by atoms with Crippen molar-refractivity contribution in [2.75, 3.05) is 11.9 Å². The van der Waals surface area contributed by atoms with Gasteiger partial charge >= 0.3 is 0 Å². The molecule has 0 aliphatic heterocycles. The van der Waals surface area contributed by atoms with Crippen LogP contribution in [0.3, 0.4) is 0 Å². The third-order valence-corrected chi connectivity index (χ3v) is 3.02. The van der Waals surface area contributed by atoms with E-state index >= 15 is 0 Å². The summed E-state index contributed by atoms with van der Waals surface area (Å²) in [6, 6.07) is 7.51. The van der Waals surface area contributed by atoms with E-state index in [1.54, 1.807) is 18.6 Å². The minimum Gasteiger partial charge on any atom is -0.472 e. The average Bonchev–Trinajstić information content (AvgIpc) is 2.81. The lowest BCUT2D eigenvalue weighted by Crippen LogP contribution is -2.17. The van der Waals surface area contributed by atoms with Crippen LogP contribution in [0.4, 0.5) is 5.69 Å². The predicted octanol–water partition coefficient (Wildman–Crippen LogP) is 3.49. The fourth-order valence-electron chi connectivity index (χ4n) is 1.69. The van der Waals surface area contributed by atoms with Crippen LogP contribution in [0.2, 0.25) is 0 Å². The first-order chi connectivity index (χ1) is 8.20. The summed E-state index contributed by atoms with van der Waals surface area (Å²) >= 11 is 3.41. The van der Waals surface area contributed by atoms with Crippen molar-refractivity contribution in [1.82, 2.24) is 0 Å². The lowest BCUT2D eigenvalue weighted by Gasteiger charge is -2.20. The number of carbonyl (C=O) groups excluding carboxylic acids is 1. The van der Waals surface area contributed by atoms with Crippen molar-refractivity contribution < 1.29 is 9.21 Å². The van der Waals surface area contributed by atoms with Gasteiger partial charge in [0, 0.05) is 34.9 Å². The van der Waals surface area contributed by atoms with Crippen molar-refractivity contribution in [2.24, 2.45) is 0 Å². The monoisotopic (exact) mass is 293 g/mol. The molecule has 0 amide bonds. The standard InChI is InChI=1S/C13H12BrNO2/c1-15(7-10-4-5-17-9-10)13-6-12(14)3-2-11(13)8-16/h2-6,8-9H,7H2,1H3. The lowest BCUT2D eigenvalue weighted by atomic mass is 10.1. The topological polar surface area (TPSA) is 33.5 Å². The zero-order valence-electron chi connectivity index (χ0n) is 9.39. The van der Waals surface area contributed by atoms with E-state index in [1.807, 2.05) is 30.1 Å². The van der Waals surface area contributed by atoms with Gasteiger partial charge in [0.25, 0.3) is 0 Å². The third-order valence-electron chi connectivity index (χ3n) is 2.53. The number of furan rings is 1. The van der Waals surface area contributed by atoms with Crippen LogP contribution >= 0.6 is 15.9 Å². The number of hydrogen-bond acceptors (Lipinski definition) is 3. The highest BCUT2D eigenvalue weighted by Crippen LogP contribution is 2.24. The summed E-state index contributed by atoms with van der Waals surface area (Å²) < 4.78 is 5.98. The van der Waals surface area contributed by atoms with E-state index in [4.69, 9.17) is 4.42 Å². The summed E-state index contributed by atoms with van der Waals surface area (Å²) in [6.45, 7) is 0.702. The quantitative estimate of drug-likeness (QED) is 0.809. The summed E-state index contributed by atoms with van der Waals surface area (Å²) in [6.07, 6.45) is 4.22. The molecule has 0 aliphatic rings. The second-order valence-electron chi connectivity index (χ2n) is 3.81. The maximum atomic E-state index is 11.0. The number of benzene rings is 1. The van der Waals surface area contributed by atoms with Crippen LogP contribution in [0, 0.1) is 0 Å². The van der Waals surface area contributed by atoms with E-state index in [9.17, 15) is 4.79 Å². The number of carbonyl (C=O) groups is 1.